The molecule has 4 aromatic carbocycles. The summed E-state index contributed by atoms with van der Waals surface area (Å²) >= 11 is 0.918. The standard InChI is InChI=1S/C76H106N18O20S/c1-41(95)64-74(112)90-56(35-44-16-21-49(98)22-17-44)70(108)86-52(25-27-60(78)99)67(105)91-59(40-115-33-29-54(84-43(3)97)68(106)85-53(69(107)93-64)26-28-61(79)100)72(110)87-55(36-45-18-23-50(114-5)24-19-45)71(109)88-57(37-46-15-20-47-12-6-7-13-48(47)34-46)73(111)94-76(4,30-9-10-31-77)75(113)92-51(14-8-11-32-82-42(2)96)66(104)89-58(38-62(80)101)65(103)83-39-63(81)102/h6-7,12-13,15-24,34,41,51-59,64,95,98H,8-11,14,25-33,35-40,77H2,1-5H3,(H2,78,99)(H2,79,100)(H2,80,101)(H2,81,102)(H,82,96)(H,83,103)(H,84,97)(H,85,106)(H,86,108)(H,87,110)(H,88,109)(H,89,104)(H,90,112)(H,91,105)(H,92,113)(H,93,107)(H,94,111)/t41-,51+,52+,53+,54+,55+,56+,57+,58+,59+,64+,76+/m1/s1. The van der Waals surface area contributed by atoms with E-state index in [9.17, 15) is 67.7 Å². The lowest BCUT2D eigenvalue weighted by atomic mass is 9.91. The molecule has 1 aliphatic rings. The molecule has 4 aromatic rings. The number of fused-ring (bicyclic) bond motifs is 1. The molecule has 0 radical (unpaired) electrons. The van der Waals surface area contributed by atoms with Crippen LogP contribution in [0.3, 0.4) is 0 Å². The van der Waals surface area contributed by atoms with Crippen molar-refractivity contribution in [1.82, 2.24) is 69.1 Å². The molecule has 39 heteroatoms. The van der Waals surface area contributed by atoms with Gasteiger partial charge in [-0.15, -0.1) is 0 Å². The lowest BCUT2D eigenvalue weighted by molar-refractivity contribution is -0.138. The van der Waals surface area contributed by atoms with Crippen molar-refractivity contribution in [3.8, 4) is 11.5 Å². The van der Waals surface area contributed by atoms with Gasteiger partial charge in [0.2, 0.25) is 100 Å². The molecule has 0 saturated carbocycles. The van der Waals surface area contributed by atoms with E-state index in [1.54, 1.807) is 54.6 Å². The molecule has 0 spiro atoms. The van der Waals surface area contributed by atoms with Crippen molar-refractivity contribution >= 4 is 123 Å². The number of nitrogens with one attached hydrogen (secondary N) is 13. The van der Waals surface area contributed by atoms with E-state index < -0.39 is 217 Å². The van der Waals surface area contributed by atoms with Gasteiger partial charge in [-0.3, -0.25) is 81.5 Å². The number of ether oxygens (including phenoxy) is 1. The second-order valence-electron chi connectivity index (χ2n) is 28.0. The van der Waals surface area contributed by atoms with Crippen molar-refractivity contribution < 1.29 is 96.5 Å². The average molecular weight is 1620 g/mol. The quantitative estimate of drug-likeness (QED) is 0.0187. The zero-order valence-corrected chi connectivity index (χ0v) is 65.5. The normalized spacial score (nSPS) is 18.9. The number of aliphatic hydroxyl groups excluding tert-OH is 1. The van der Waals surface area contributed by atoms with Crippen LogP contribution >= 0.6 is 11.8 Å². The van der Waals surface area contributed by atoms with Crippen molar-refractivity contribution in [1.29, 1.82) is 0 Å². The molecule has 1 heterocycles. The third-order valence-electron chi connectivity index (χ3n) is 18.4. The second-order valence-corrected chi connectivity index (χ2v) is 29.2. The van der Waals surface area contributed by atoms with Crippen molar-refractivity contribution in [3.05, 3.63) is 108 Å². The van der Waals surface area contributed by atoms with Gasteiger partial charge in [0.25, 0.3) is 0 Å². The van der Waals surface area contributed by atoms with Crippen LogP contribution < -0.4 is 103 Å². The first kappa shape index (κ1) is 93.6. The van der Waals surface area contributed by atoms with Crippen molar-refractivity contribution in [2.24, 2.45) is 28.7 Å². The van der Waals surface area contributed by atoms with Gasteiger partial charge in [0.1, 0.15) is 77.5 Å². The van der Waals surface area contributed by atoms with Gasteiger partial charge in [-0.2, -0.15) is 11.8 Å². The predicted octanol–water partition coefficient (Wildman–Crippen LogP) is -4.71. The second kappa shape index (κ2) is 46.9. The maximum absolute atomic E-state index is 15.6. The van der Waals surface area contributed by atoms with Gasteiger partial charge in [-0.25, -0.2) is 0 Å². The number of primary amides is 4. The molecule has 38 nitrogen and oxygen atoms in total. The Hall–Kier alpha value is -12.0. The Morgan fingerprint density at radius 1 is 0.583 bits per heavy atom. The highest BCUT2D eigenvalue weighted by Gasteiger charge is 2.42. The zero-order valence-electron chi connectivity index (χ0n) is 64.7. The van der Waals surface area contributed by atoms with Gasteiger partial charge in [0, 0.05) is 58.2 Å². The van der Waals surface area contributed by atoms with Crippen LogP contribution in [-0.2, 0) is 101 Å². The molecule has 1 fully saturated rings. The molecule has 626 valence electrons. The summed E-state index contributed by atoms with van der Waals surface area (Å²) < 4.78 is 5.40. The first-order valence-electron chi connectivity index (χ1n) is 37.3. The fourth-order valence-corrected chi connectivity index (χ4v) is 13.1. The Bertz CT molecular complexity index is 4120. The van der Waals surface area contributed by atoms with Crippen molar-refractivity contribution in [2.75, 3.05) is 38.2 Å². The molecule has 0 unspecified atom stereocenters. The number of carbonyl (C=O) groups is 17. The summed E-state index contributed by atoms with van der Waals surface area (Å²) in [7, 11) is 1.41. The van der Waals surface area contributed by atoms with E-state index in [1.165, 1.54) is 45.2 Å². The van der Waals surface area contributed by atoms with Gasteiger partial charge in [0.15, 0.2) is 0 Å². The number of nitrogens with two attached hydrogens (primary N) is 5. The molecule has 25 N–H and O–H groups in total. The maximum atomic E-state index is 15.6. The van der Waals surface area contributed by atoms with Crippen LogP contribution in [0.5, 0.6) is 11.5 Å². The zero-order chi connectivity index (χ0) is 85.1. The summed E-state index contributed by atoms with van der Waals surface area (Å²) in [6, 6.07) is 7.14. The molecule has 1 saturated heterocycles. The summed E-state index contributed by atoms with van der Waals surface area (Å²) in [6.07, 6.45) is -5.34. The number of phenolic OH excluding ortho intramolecular Hbond substituents is 1. The lowest BCUT2D eigenvalue weighted by Crippen LogP contribution is -2.64. The lowest BCUT2D eigenvalue weighted by Gasteiger charge is -2.34. The molecule has 12 atom stereocenters. The summed E-state index contributed by atoms with van der Waals surface area (Å²) in [5, 5.41) is 55.8. The third-order valence-corrected chi connectivity index (χ3v) is 19.5. The molecule has 0 aliphatic carbocycles. The fourth-order valence-electron chi connectivity index (χ4n) is 12.1. The molecule has 17 amide bonds. The summed E-state index contributed by atoms with van der Waals surface area (Å²) in [6.45, 7) is 4.46. The highest BCUT2D eigenvalue weighted by Crippen LogP contribution is 2.22. The number of benzene rings is 4. The minimum absolute atomic E-state index is 0.126. The Balaban J connectivity index is 1.65. The van der Waals surface area contributed by atoms with Gasteiger partial charge >= 0.3 is 0 Å². The van der Waals surface area contributed by atoms with Crippen molar-refractivity contribution in [2.45, 2.75) is 196 Å². The number of hydrogen-bond donors (Lipinski definition) is 20. The number of carbonyl (C=O) groups excluding carboxylic acids is 17. The van der Waals surface area contributed by atoms with E-state index in [1.807, 2.05) is 12.1 Å². The van der Waals surface area contributed by atoms with Crippen LogP contribution in [0, 0.1) is 0 Å². The van der Waals surface area contributed by atoms with Crippen LogP contribution in [-0.4, -0.2) is 221 Å². The van der Waals surface area contributed by atoms with Crippen LogP contribution in [0.1, 0.15) is 121 Å². The summed E-state index contributed by atoms with van der Waals surface area (Å²) in [5.41, 5.74) is 26.9. The Labute approximate surface area is 667 Å². The van der Waals surface area contributed by atoms with E-state index >= 15 is 24.0 Å². The average Bonchev–Trinajstić information content (AvgIpc) is 0.815. The van der Waals surface area contributed by atoms with Gasteiger partial charge in [-0.1, -0.05) is 66.7 Å². The highest BCUT2D eigenvalue weighted by molar-refractivity contribution is 7.99. The number of aliphatic hydroxyl groups is 1. The number of amides is 17. The smallest absolute Gasteiger partial charge is 0.246 e. The SMILES string of the molecule is COc1ccc(C[C@H](NC(=O)[C@@H]2CSCC[C@H](NC(C)=O)C(=O)N[C@@H](CCC(N)=O)C(=O)N[C@@H]([C@@H](C)O)C(=O)N[C@@H](Cc3ccc(O)cc3)C(=O)N[C@@H](CCC(N)=O)C(=O)N2)C(=O)N[C@@H](Cc2ccc3ccccc3c2)C(=O)N[C@@](C)(CCCCN)C(=O)N[C@@H](CCCCNC(C)=O)C(=O)N[C@@H](CC(N)=O)C(=O)NCC(N)=O)cc1. The molecule has 1 aliphatic heterocycles. The van der Waals surface area contributed by atoms with E-state index in [0.29, 0.717) is 34.2 Å². The first-order chi connectivity index (χ1) is 54.5. The number of hydrogen-bond acceptors (Lipinski definition) is 22. The molecule has 0 aromatic heterocycles. The number of unbranched alkanes of at least 4 members (excludes halogenated alkanes) is 2. The van der Waals surface area contributed by atoms with Crippen LogP contribution in [0.4, 0.5) is 0 Å². The Kier molecular flexibility index (Phi) is 38.1. The van der Waals surface area contributed by atoms with E-state index in [-0.39, 0.29) is 81.9 Å². The monoisotopic (exact) mass is 1620 g/mol. The summed E-state index contributed by atoms with van der Waals surface area (Å²) in [5.74, 6) is -17.0. The predicted molar refractivity (Wildman–Crippen MR) is 420 cm³/mol. The molecule has 115 heavy (non-hydrogen) atoms. The van der Waals surface area contributed by atoms with Gasteiger partial charge in [-0.05, 0) is 136 Å². The van der Waals surface area contributed by atoms with Crippen LogP contribution in [0.2, 0.25) is 0 Å². The number of methoxy groups -OCH3 is 1. The minimum atomic E-state index is -2.00. The number of phenols is 1. The molecule has 0 bridgehead atoms. The molecular weight excluding hydrogens is 1520 g/mol. The Morgan fingerprint density at radius 2 is 1.16 bits per heavy atom. The van der Waals surface area contributed by atoms with Gasteiger partial charge in [0.05, 0.1) is 26.2 Å². The fraction of sp³-hybridized carbons (Fsp3) is 0.487. The van der Waals surface area contributed by atoms with Crippen LogP contribution in [0.15, 0.2) is 91.0 Å². The van der Waals surface area contributed by atoms with Gasteiger partial charge < -0.3 is 113 Å². The Morgan fingerprint density at radius 3 is 1.76 bits per heavy atom. The molecule has 5 rings (SSSR count). The van der Waals surface area contributed by atoms with Crippen molar-refractivity contribution in [3.63, 3.8) is 0 Å². The summed E-state index contributed by atoms with van der Waals surface area (Å²) in [4.78, 5) is 235. The first-order valence-corrected chi connectivity index (χ1v) is 38.5. The third kappa shape index (κ3) is 32.6. The number of aromatic hydroxyl groups is 1. The largest absolute Gasteiger partial charge is 0.508 e. The van der Waals surface area contributed by atoms with Crippen LogP contribution in [0.25, 0.3) is 10.8 Å². The van der Waals surface area contributed by atoms with E-state index in [0.717, 1.165) is 31.0 Å². The minimum Gasteiger partial charge on any atom is -0.508 e. The van der Waals surface area contributed by atoms with E-state index in [4.69, 9.17) is 33.4 Å². The number of thioether (sulfide) groups is 1. The highest BCUT2D eigenvalue weighted by atomic mass is 32.2. The maximum Gasteiger partial charge on any atom is 0.246 e. The molecular formula is C76H106N18O20S. The number of rotatable bonds is 39. The van der Waals surface area contributed by atoms with E-state index in [2.05, 4.69) is 69.1 Å². The topological polar surface area (TPSA) is 626 Å².